The molecule has 0 spiro atoms. The number of hydrogen-bond acceptors (Lipinski definition) is 4. The molecule has 0 unspecified atom stereocenters. The molecule has 0 atom stereocenters. The van der Waals surface area contributed by atoms with E-state index < -0.39 is 5.97 Å². The molecule has 0 saturated carbocycles. The van der Waals surface area contributed by atoms with Crippen LogP contribution in [0.1, 0.15) is 36.2 Å². The minimum atomic E-state index is -0.486. The summed E-state index contributed by atoms with van der Waals surface area (Å²) < 4.78 is 5.37. The molecule has 2 aromatic rings. The van der Waals surface area contributed by atoms with Gasteiger partial charge < -0.3 is 21.1 Å². The van der Waals surface area contributed by atoms with E-state index in [9.17, 15) is 9.59 Å². The van der Waals surface area contributed by atoms with Gasteiger partial charge in [-0.1, -0.05) is 19.1 Å². The number of hydrogen-bond donors (Lipinski definition) is 2. The molecule has 0 saturated heterocycles. The molecule has 0 fully saturated rings. The van der Waals surface area contributed by atoms with Gasteiger partial charge in [0.2, 0.25) is 5.91 Å². The lowest BCUT2D eigenvalue weighted by atomic mass is 10.1. The van der Waals surface area contributed by atoms with Gasteiger partial charge in [0, 0.05) is 13.1 Å². The number of carbonyl (C=O) groups is 2. The molecule has 0 aliphatic heterocycles. The number of nitrogens with two attached hydrogens (primary N) is 2. The Bertz CT molecular complexity index is 826. The number of rotatable bonds is 8. The number of amides is 1. The smallest absolute Gasteiger partial charge is 0.343 e. The summed E-state index contributed by atoms with van der Waals surface area (Å²) in [5.41, 5.74) is 12.4. The Hall–Kier alpha value is -3.35. The molecule has 148 valence electrons. The van der Waals surface area contributed by atoms with Crippen LogP contribution < -0.4 is 16.2 Å². The van der Waals surface area contributed by atoms with Crippen LogP contribution in [0.2, 0.25) is 0 Å². The van der Waals surface area contributed by atoms with Gasteiger partial charge in [0.05, 0.1) is 17.7 Å². The van der Waals surface area contributed by atoms with Crippen LogP contribution in [0.4, 0.5) is 5.69 Å². The highest BCUT2D eigenvalue weighted by Gasteiger charge is 2.12. The van der Waals surface area contributed by atoms with Crippen molar-refractivity contribution in [2.24, 2.45) is 16.5 Å². The van der Waals surface area contributed by atoms with Crippen LogP contribution in [-0.4, -0.2) is 35.8 Å². The third-order valence-electron chi connectivity index (χ3n) is 4.08. The highest BCUT2D eigenvalue weighted by Crippen LogP contribution is 2.17. The van der Waals surface area contributed by atoms with Gasteiger partial charge >= 0.3 is 5.97 Å². The van der Waals surface area contributed by atoms with Gasteiger partial charge in [-0.05, 0) is 55.3 Å². The molecule has 1 amide bonds. The summed E-state index contributed by atoms with van der Waals surface area (Å²) in [4.78, 5) is 30.3. The minimum absolute atomic E-state index is 0.0503. The van der Waals surface area contributed by atoms with Crippen molar-refractivity contribution >= 4 is 23.5 Å². The normalized spacial score (nSPS) is 10.2. The molecule has 7 nitrogen and oxygen atoms in total. The minimum Gasteiger partial charge on any atom is -0.423 e. The average molecular weight is 382 g/mol. The summed E-state index contributed by atoms with van der Waals surface area (Å²) in [5, 5.41) is 0. The Kier molecular flexibility index (Phi) is 7.56. The maximum absolute atomic E-state index is 12.3. The first-order chi connectivity index (χ1) is 13.4. The third-order valence-corrected chi connectivity index (χ3v) is 4.08. The van der Waals surface area contributed by atoms with Crippen molar-refractivity contribution in [3.05, 3.63) is 59.7 Å². The van der Waals surface area contributed by atoms with Gasteiger partial charge in [-0.3, -0.25) is 4.79 Å². The molecule has 28 heavy (non-hydrogen) atoms. The van der Waals surface area contributed by atoms with Crippen molar-refractivity contribution in [2.45, 2.75) is 26.7 Å². The molecule has 0 bridgehead atoms. The second-order valence-electron chi connectivity index (χ2n) is 6.27. The predicted octanol–water partition coefficient (Wildman–Crippen LogP) is 2.61. The molecule has 4 N–H and O–H groups in total. The number of likely N-dealkylation sites (N-methyl/N-ethyl adjacent to an activating group) is 1. The number of aliphatic imine (C=N–C) groups is 1. The topological polar surface area (TPSA) is 111 Å². The number of esters is 1. The molecule has 0 radical (unpaired) electrons. The SMILES string of the molecule is CCCN(CC)C(=O)Cc1ccc(OC(=O)c2ccc(N=C(N)N)cc2)cc1. The molecule has 0 aliphatic rings. The summed E-state index contributed by atoms with van der Waals surface area (Å²) in [5.74, 6) is -0.0313. The van der Waals surface area contributed by atoms with Crippen LogP contribution >= 0.6 is 0 Å². The zero-order valence-electron chi connectivity index (χ0n) is 16.2. The van der Waals surface area contributed by atoms with Gasteiger partial charge in [-0.2, -0.15) is 0 Å². The Morgan fingerprint density at radius 3 is 2.18 bits per heavy atom. The second kappa shape index (κ2) is 10.1. The lowest BCUT2D eigenvalue weighted by Crippen LogP contribution is -2.32. The van der Waals surface area contributed by atoms with E-state index in [1.165, 1.54) is 0 Å². The molecular formula is C21H26N4O3. The van der Waals surface area contributed by atoms with E-state index in [2.05, 4.69) is 4.99 Å². The molecule has 0 heterocycles. The monoisotopic (exact) mass is 382 g/mol. The van der Waals surface area contributed by atoms with Gasteiger partial charge in [0.15, 0.2) is 5.96 Å². The quantitative estimate of drug-likeness (QED) is 0.315. The molecule has 0 aliphatic carbocycles. The summed E-state index contributed by atoms with van der Waals surface area (Å²) >= 11 is 0. The zero-order valence-corrected chi connectivity index (χ0v) is 16.2. The second-order valence-corrected chi connectivity index (χ2v) is 6.27. The summed E-state index contributed by atoms with van der Waals surface area (Å²) in [7, 11) is 0. The van der Waals surface area contributed by atoms with Crippen molar-refractivity contribution in [1.82, 2.24) is 4.90 Å². The first-order valence-corrected chi connectivity index (χ1v) is 9.21. The number of ether oxygens (including phenoxy) is 1. The molecule has 2 rings (SSSR count). The lowest BCUT2D eigenvalue weighted by Gasteiger charge is -2.20. The van der Waals surface area contributed by atoms with E-state index in [0.717, 1.165) is 18.5 Å². The number of guanidine groups is 1. The fourth-order valence-corrected chi connectivity index (χ4v) is 2.68. The fraction of sp³-hybridized carbons (Fsp3) is 0.286. The van der Waals surface area contributed by atoms with Gasteiger partial charge in [-0.15, -0.1) is 0 Å². The van der Waals surface area contributed by atoms with Gasteiger partial charge in [0.25, 0.3) is 0 Å². The van der Waals surface area contributed by atoms with Crippen LogP contribution in [-0.2, 0) is 11.2 Å². The third kappa shape index (κ3) is 6.12. The largest absolute Gasteiger partial charge is 0.423 e. The van der Waals surface area contributed by atoms with Crippen LogP contribution in [0.3, 0.4) is 0 Å². The first kappa shape index (κ1) is 21.0. The first-order valence-electron chi connectivity index (χ1n) is 9.21. The molecule has 2 aromatic carbocycles. The number of nitrogens with zero attached hydrogens (tertiary/aromatic N) is 2. The fourth-order valence-electron chi connectivity index (χ4n) is 2.68. The Balaban J connectivity index is 1.97. The standard InChI is InChI=1S/C21H26N4O3/c1-3-13-25(4-2)19(26)14-15-5-11-18(12-6-15)28-20(27)16-7-9-17(10-8-16)24-21(22)23/h5-12H,3-4,13-14H2,1-2H3,(H4,22,23,24). The van der Waals surface area contributed by atoms with Crippen LogP contribution in [0.25, 0.3) is 0 Å². The van der Waals surface area contributed by atoms with Gasteiger partial charge in [-0.25, -0.2) is 9.79 Å². The number of benzene rings is 2. The molecule has 0 aromatic heterocycles. The summed E-state index contributed by atoms with van der Waals surface area (Å²) in [6.45, 7) is 5.48. The van der Waals surface area contributed by atoms with Crippen molar-refractivity contribution in [3.8, 4) is 5.75 Å². The maximum Gasteiger partial charge on any atom is 0.343 e. The highest BCUT2D eigenvalue weighted by molar-refractivity contribution is 5.91. The van der Waals surface area contributed by atoms with E-state index in [0.29, 0.717) is 30.0 Å². The van der Waals surface area contributed by atoms with Crippen molar-refractivity contribution in [1.29, 1.82) is 0 Å². The van der Waals surface area contributed by atoms with Crippen LogP contribution in [0.5, 0.6) is 5.75 Å². The average Bonchev–Trinajstić information content (AvgIpc) is 2.67. The molecule has 7 heteroatoms. The van der Waals surface area contributed by atoms with Crippen LogP contribution in [0, 0.1) is 0 Å². The Labute approximate surface area is 165 Å². The summed E-state index contributed by atoms with van der Waals surface area (Å²) in [6, 6.07) is 13.4. The maximum atomic E-state index is 12.3. The molecular weight excluding hydrogens is 356 g/mol. The van der Waals surface area contributed by atoms with E-state index >= 15 is 0 Å². The van der Waals surface area contributed by atoms with E-state index in [4.69, 9.17) is 16.2 Å². The van der Waals surface area contributed by atoms with Crippen molar-refractivity contribution in [2.75, 3.05) is 13.1 Å². The van der Waals surface area contributed by atoms with Crippen LogP contribution in [0.15, 0.2) is 53.5 Å². The number of carbonyl (C=O) groups excluding carboxylic acids is 2. The van der Waals surface area contributed by atoms with Crippen molar-refractivity contribution in [3.63, 3.8) is 0 Å². The van der Waals surface area contributed by atoms with Gasteiger partial charge in [0.1, 0.15) is 5.75 Å². The lowest BCUT2D eigenvalue weighted by molar-refractivity contribution is -0.130. The van der Waals surface area contributed by atoms with Crippen molar-refractivity contribution < 1.29 is 14.3 Å². The zero-order chi connectivity index (χ0) is 20.5. The Morgan fingerprint density at radius 2 is 1.64 bits per heavy atom. The van der Waals surface area contributed by atoms with E-state index in [-0.39, 0.29) is 11.9 Å². The predicted molar refractivity (Wildman–Crippen MR) is 110 cm³/mol. The van der Waals surface area contributed by atoms with E-state index in [1.807, 2.05) is 18.7 Å². The highest BCUT2D eigenvalue weighted by atomic mass is 16.5. The summed E-state index contributed by atoms with van der Waals surface area (Å²) in [6.07, 6.45) is 1.26. The Morgan fingerprint density at radius 1 is 1.00 bits per heavy atom. The van der Waals surface area contributed by atoms with E-state index in [1.54, 1.807) is 48.5 Å².